The molecule has 38 heavy (non-hydrogen) atoms. The Morgan fingerprint density at radius 1 is 0.842 bits per heavy atom. The van der Waals surface area contributed by atoms with Gasteiger partial charge in [0.1, 0.15) is 0 Å². The predicted octanol–water partition coefficient (Wildman–Crippen LogP) is 6.95. The van der Waals surface area contributed by atoms with Crippen LogP contribution in [0.15, 0.2) is 91.0 Å². The van der Waals surface area contributed by atoms with Crippen molar-refractivity contribution in [2.75, 3.05) is 20.8 Å². The van der Waals surface area contributed by atoms with E-state index in [4.69, 9.17) is 9.47 Å². The molecule has 1 aromatic heterocycles. The Bertz CT molecular complexity index is 1630. The minimum absolute atomic E-state index is 0.0613. The second-order valence-corrected chi connectivity index (χ2v) is 9.75. The molecule has 1 N–H and O–H groups in total. The van der Waals surface area contributed by atoms with Crippen LogP contribution >= 0.6 is 0 Å². The second kappa shape index (κ2) is 9.75. The number of hydrogen-bond acceptors (Lipinski definition) is 3. The number of para-hydroxylation sites is 1. The van der Waals surface area contributed by atoms with E-state index in [1.807, 2.05) is 47.4 Å². The quantitative estimate of drug-likeness (QED) is 0.262. The third-order valence-electron chi connectivity index (χ3n) is 7.51. The first-order valence-electron chi connectivity index (χ1n) is 12.9. The molecule has 0 spiro atoms. The highest BCUT2D eigenvalue weighted by atomic mass is 16.5. The number of rotatable bonds is 7. The van der Waals surface area contributed by atoms with Gasteiger partial charge in [0.05, 0.1) is 26.0 Å². The number of fused-ring (bicyclic) bond motifs is 2. The van der Waals surface area contributed by atoms with Crippen molar-refractivity contribution in [1.82, 2.24) is 9.88 Å². The van der Waals surface area contributed by atoms with E-state index in [1.54, 1.807) is 14.2 Å². The van der Waals surface area contributed by atoms with E-state index < -0.39 is 0 Å². The van der Waals surface area contributed by atoms with Crippen molar-refractivity contribution < 1.29 is 14.3 Å². The van der Waals surface area contributed by atoms with E-state index >= 15 is 0 Å². The molecule has 1 aliphatic heterocycles. The standard InChI is InChI=1S/C33H30N2O3/c1-21-12-15-23(16-13-21)31-30(26-10-6-7-11-27(26)34-31)32-24-8-4-5-9-25(24)33(36)35(32)19-18-22-14-17-28(37-2)29(20-22)38-3/h4-17,20,32,34H,18-19H2,1-3H3/t32-/m0/s1. The summed E-state index contributed by atoms with van der Waals surface area (Å²) in [6.45, 7) is 2.66. The zero-order valence-electron chi connectivity index (χ0n) is 21.8. The average molecular weight is 503 g/mol. The summed E-state index contributed by atoms with van der Waals surface area (Å²) in [5.74, 6) is 1.45. The van der Waals surface area contributed by atoms with Gasteiger partial charge in [-0.05, 0) is 54.3 Å². The van der Waals surface area contributed by atoms with Crippen molar-refractivity contribution in [3.05, 3.63) is 119 Å². The lowest BCUT2D eigenvalue weighted by atomic mass is 9.93. The molecule has 0 bridgehead atoms. The van der Waals surface area contributed by atoms with Gasteiger partial charge in [-0.3, -0.25) is 4.79 Å². The van der Waals surface area contributed by atoms with E-state index in [-0.39, 0.29) is 11.9 Å². The highest BCUT2D eigenvalue weighted by molar-refractivity contribution is 6.02. The number of benzene rings is 4. The molecular formula is C33H30N2O3. The first-order valence-corrected chi connectivity index (χ1v) is 12.9. The van der Waals surface area contributed by atoms with Gasteiger partial charge in [-0.1, -0.05) is 72.3 Å². The molecule has 0 saturated carbocycles. The van der Waals surface area contributed by atoms with E-state index in [1.165, 1.54) is 5.56 Å². The van der Waals surface area contributed by atoms with Crippen LogP contribution in [0.3, 0.4) is 0 Å². The molecular weight excluding hydrogens is 472 g/mol. The Balaban J connectivity index is 1.47. The Labute approximate surface area is 222 Å². The van der Waals surface area contributed by atoms with Crippen LogP contribution in [0.2, 0.25) is 0 Å². The molecule has 2 heterocycles. The van der Waals surface area contributed by atoms with Gasteiger partial charge in [0.25, 0.3) is 5.91 Å². The molecule has 1 atom stereocenters. The van der Waals surface area contributed by atoms with Gasteiger partial charge < -0.3 is 19.4 Å². The number of nitrogens with zero attached hydrogens (tertiary/aromatic N) is 1. The van der Waals surface area contributed by atoms with Gasteiger partial charge in [-0.25, -0.2) is 0 Å². The number of nitrogens with one attached hydrogen (secondary N) is 1. The lowest BCUT2D eigenvalue weighted by molar-refractivity contribution is 0.0753. The maximum Gasteiger partial charge on any atom is 0.255 e. The van der Waals surface area contributed by atoms with Crippen molar-refractivity contribution >= 4 is 16.8 Å². The fourth-order valence-electron chi connectivity index (χ4n) is 5.59. The predicted molar refractivity (Wildman–Crippen MR) is 151 cm³/mol. The number of carbonyl (C=O) groups excluding carboxylic acids is 1. The Morgan fingerprint density at radius 3 is 2.37 bits per heavy atom. The van der Waals surface area contributed by atoms with Crippen LogP contribution in [-0.2, 0) is 6.42 Å². The van der Waals surface area contributed by atoms with Crippen molar-refractivity contribution in [2.24, 2.45) is 0 Å². The lowest BCUT2D eigenvalue weighted by Crippen LogP contribution is -2.31. The number of methoxy groups -OCH3 is 2. The van der Waals surface area contributed by atoms with Crippen LogP contribution in [0.25, 0.3) is 22.2 Å². The van der Waals surface area contributed by atoms with Gasteiger partial charge in [0, 0.05) is 28.6 Å². The number of carbonyl (C=O) groups is 1. The number of aromatic amines is 1. The van der Waals surface area contributed by atoms with Crippen LogP contribution in [0.4, 0.5) is 0 Å². The SMILES string of the molecule is COc1ccc(CCN2C(=O)c3ccccc3[C@H]2c2c(-c3ccc(C)cc3)[nH]c3ccccc23)cc1OC. The highest BCUT2D eigenvalue weighted by Crippen LogP contribution is 2.45. The minimum atomic E-state index is -0.203. The molecule has 190 valence electrons. The van der Waals surface area contributed by atoms with E-state index in [2.05, 4.69) is 60.4 Å². The molecule has 5 nitrogen and oxygen atoms in total. The Kier molecular flexibility index (Phi) is 6.12. The maximum absolute atomic E-state index is 13.8. The Morgan fingerprint density at radius 2 is 1.58 bits per heavy atom. The fraction of sp³-hybridized carbons (Fsp3) is 0.182. The molecule has 4 aromatic carbocycles. The summed E-state index contributed by atoms with van der Waals surface area (Å²) in [6.07, 6.45) is 0.693. The summed E-state index contributed by atoms with van der Waals surface area (Å²) in [5.41, 5.74) is 8.47. The van der Waals surface area contributed by atoms with Crippen molar-refractivity contribution in [3.63, 3.8) is 0 Å². The number of hydrogen-bond donors (Lipinski definition) is 1. The van der Waals surface area contributed by atoms with Gasteiger partial charge in [0.2, 0.25) is 0 Å². The van der Waals surface area contributed by atoms with Gasteiger partial charge >= 0.3 is 0 Å². The second-order valence-electron chi connectivity index (χ2n) is 9.75. The molecule has 5 aromatic rings. The largest absolute Gasteiger partial charge is 0.493 e. The molecule has 0 radical (unpaired) electrons. The summed E-state index contributed by atoms with van der Waals surface area (Å²) in [4.78, 5) is 19.5. The zero-order chi connectivity index (χ0) is 26.2. The van der Waals surface area contributed by atoms with Crippen LogP contribution in [0.1, 0.15) is 38.7 Å². The molecule has 0 unspecified atom stereocenters. The summed E-state index contributed by atoms with van der Waals surface area (Å²) in [7, 11) is 3.27. The summed E-state index contributed by atoms with van der Waals surface area (Å²) in [5, 5.41) is 1.13. The normalized spacial score (nSPS) is 14.7. The van der Waals surface area contributed by atoms with Crippen LogP contribution < -0.4 is 9.47 Å². The molecule has 0 aliphatic carbocycles. The first-order chi connectivity index (χ1) is 18.6. The van der Waals surface area contributed by atoms with Crippen LogP contribution in [-0.4, -0.2) is 36.6 Å². The maximum atomic E-state index is 13.8. The summed E-state index contributed by atoms with van der Waals surface area (Å²) < 4.78 is 10.9. The third kappa shape index (κ3) is 4.01. The van der Waals surface area contributed by atoms with Crippen molar-refractivity contribution in [1.29, 1.82) is 0 Å². The van der Waals surface area contributed by atoms with Gasteiger partial charge in [-0.2, -0.15) is 0 Å². The number of aryl methyl sites for hydroxylation is 1. The zero-order valence-corrected chi connectivity index (χ0v) is 21.8. The fourth-order valence-corrected chi connectivity index (χ4v) is 5.59. The topological polar surface area (TPSA) is 54.6 Å². The molecule has 6 rings (SSSR count). The first kappa shape index (κ1) is 23.9. The average Bonchev–Trinajstić information content (AvgIpc) is 3.47. The molecule has 0 saturated heterocycles. The number of aromatic nitrogens is 1. The van der Waals surface area contributed by atoms with E-state index in [9.17, 15) is 4.79 Å². The molecule has 1 amide bonds. The van der Waals surface area contributed by atoms with E-state index in [0.29, 0.717) is 24.5 Å². The number of ether oxygens (including phenoxy) is 2. The van der Waals surface area contributed by atoms with Crippen LogP contribution in [0.5, 0.6) is 11.5 Å². The third-order valence-corrected chi connectivity index (χ3v) is 7.51. The van der Waals surface area contributed by atoms with Crippen LogP contribution in [0, 0.1) is 6.92 Å². The number of H-pyrrole nitrogens is 1. The smallest absolute Gasteiger partial charge is 0.255 e. The monoisotopic (exact) mass is 502 g/mol. The van der Waals surface area contributed by atoms with Crippen molar-refractivity contribution in [2.45, 2.75) is 19.4 Å². The minimum Gasteiger partial charge on any atom is -0.493 e. The summed E-state index contributed by atoms with van der Waals surface area (Å²) in [6, 6.07) is 30.7. The Hall–Kier alpha value is -4.51. The van der Waals surface area contributed by atoms with E-state index in [0.717, 1.165) is 44.4 Å². The lowest BCUT2D eigenvalue weighted by Gasteiger charge is -2.27. The summed E-state index contributed by atoms with van der Waals surface area (Å²) >= 11 is 0. The molecule has 1 aliphatic rings. The highest BCUT2D eigenvalue weighted by Gasteiger charge is 2.39. The van der Waals surface area contributed by atoms with Crippen molar-refractivity contribution in [3.8, 4) is 22.8 Å². The van der Waals surface area contributed by atoms with Gasteiger partial charge in [-0.15, -0.1) is 0 Å². The number of amides is 1. The molecule has 0 fully saturated rings. The van der Waals surface area contributed by atoms with Gasteiger partial charge in [0.15, 0.2) is 11.5 Å². The molecule has 5 heteroatoms.